The van der Waals surface area contributed by atoms with Crippen molar-refractivity contribution >= 4 is 21.7 Å². The second-order valence-corrected chi connectivity index (χ2v) is 10.9. The summed E-state index contributed by atoms with van der Waals surface area (Å²) >= 11 is 0. The number of benzene rings is 2. The lowest BCUT2D eigenvalue weighted by molar-refractivity contribution is -0.137. The van der Waals surface area contributed by atoms with Crippen LogP contribution in [0.25, 0.3) is 0 Å². The van der Waals surface area contributed by atoms with E-state index in [1.807, 2.05) is 57.2 Å². The first-order valence-electron chi connectivity index (χ1n) is 13.0. The van der Waals surface area contributed by atoms with Crippen molar-refractivity contribution in [2.24, 2.45) is 0 Å². The third kappa shape index (κ3) is 7.80. The molecule has 7 heteroatoms. The highest BCUT2D eigenvalue weighted by molar-refractivity contribution is 7.92. The molecule has 6 nitrogen and oxygen atoms in total. The maximum Gasteiger partial charge on any atom is 0.303 e. The van der Waals surface area contributed by atoms with Gasteiger partial charge in [0.05, 0.1) is 16.6 Å². The first kappa shape index (κ1) is 28.9. The van der Waals surface area contributed by atoms with E-state index in [9.17, 15) is 13.2 Å². The van der Waals surface area contributed by atoms with Gasteiger partial charge in [0.15, 0.2) is 0 Å². The molecule has 1 unspecified atom stereocenters. The number of carboxylic acids is 1. The Balaban J connectivity index is 0.00000210. The second kappa shape index (κ2) is 14.2. The Kier molecular flexibility index (Phi) is 11.7. The number of para-hydroxylation sites is 1. The topological polar surface area (TPSA) is 86.7 Å². The van der Waals surface area contributed by atoms with Crippen LogP contribution >= 0.6 is 0 Å². The highest BCUT2D eigenvalue weighted by atomic mass is 32.2. The van der Waals surface area contributed by atoms with E-state index in [2.05, 4.69) is 5.32 Å². The zero-order valence-corrected chi connectivity index (χ0v) is 22.5. The molecule has 0 saturated carbocycles. The number of sulfonamides is 1. The molecule has 0 fully saturated rings. The summed E-state index contributed by atoms with van der Waals surface area (Å²) in [5.74, 6) is -0.708. The Morgan fingerprint density at radius 1 is 0.914 bits per heavy atom. The highest BCUT2D eigenvalue weighted by Gasteiger charge is 2.34. The van der Waals surface area contributed by atoms with E-state index in [1.165, 1.54) is 10.7 Å². The summed E-state index contributed by atoms with van der Waals surface area (Å²) in [5, 5.41) is 12.3. The van der Waals surface area contributed by atoms with Crippen LogP contribution in [0.15, 0.2) is 47.4 Å². The van der Waals surface area contributed by atoms with Crippen molar-refractivity contribution in [1.29, 1.82) is 0 Å². The summed E-state index contributed by atoms with van der Waals surface area (Å²) in [6, 6.07) is 13.3. The molecule has 3 rings (SSSR count). The number of fused-ring (bicyclic) bond motifs is 2. The fourth-order valence-corrected chi connectivity index (χ4v) is 6.03. The number of nitrogens with zero attached hydrogens (tertiary/aromatic N) is 1. The molecular weight excluding hydrogens is 460 g/mol. The van der Waals surface area contributed by atoms with Crippen LogP contribution in [0.5, 0.6) is 0 Å². The van der Waals surface area contributed by atoms with Crippen LogP contribution in [0, 0.1) is 6.92 Å². The van der Waals surface area contributed by atoms with Gasteiger partial charge in [-0.25, -0.2) is 8.42 Å². The Morgan fingerprint density at radius 2 is 1.51 bits per heavy atom. The van der Waals surface area contributed by atoms with Crippen molar-refractivity contribution in [3.8, 4) is 0 Å². The number of hydrogen-bond donors (Lipinski definition) is 2. The molecule has 2 aromatic carbocycles. The molecule has 194 valence electrons. The molecule has 0 saturated heterocycles. The lowest BCUT2D eigenvalue weighted by atomic mass is 9.96. The first-order valence-corrected chi connectivity index (χ1v) is 14.4. The van der Waals surface area contributed by atoms with Crippen molar-refractivity contribution in [3.05, 3.63) is 59.2 Å². The number of nitrogens with one attached hydrogen (secondary N) is 1. The van der Waals surface area contributed by atoms with Crippen LogP contribution in [0.3, 0.4) is 0 Å². The van der Waals surface area contributed by atoms with Crippen LogP contribution in [-0.4, -0.2) is 33.1 Å². The van der Waals surface area contributed by atoms with Gasteiger partial charge in [0.2, 0.25) is 0 Å². The van der Waals surface area contributed by atoms with Gasteiger partial charge in [0.25, 0.3) is 10.0 Å². The predicted octanol–water partition coefficient (Wildman–Crippen LogP) is 6.43. The summed E-state index contributed by atoms with van der Waals surface area (Å²) in [6.07, 6.45) is 8.77. The summed E-state index contributed by atoms with van der Waals surface area (Å²) in [7, 11) is -1.99. The van der Waals surface area contributed by atoms with Gasteiger partial charge in [-0.3, -0.25) is 9.10 Å². The molecule has 0 spiro atoms. The van der Waals surface area contributed by atoms with Gasteiger partial charge < -0.3 is 10.4 Å². The fraction of sp³-hybridized carbons (Fsp3) is 0.536. The Bertz CT molecular complexity index is 1050. The van der Waals surface area contributed by atoms with Crippen LogP contribution in [0.2, 0.25) is 0 Å². The number of rotatable bonds is 12. The molecular formula is C28H42N2O4S. The lowest BCUT2D eigenvalue weighted by Gasteiger charge is -2.22. The minimum atomic E-state index is -3.62. The maximum absolute atomic E-state index is 13.3. The SMILES string of the molecule is CC.Cc1ccc2c(c1)S(=O)(=O)N(C)c1ccccc1C2NCCCCCCCCCCC(=O)O. The van der Waals surface area contributed by atoms with Gasteiger partial charge in [-0.1, -0.05) is 82.7 Å². The molecule has 1 atom stereocenters. The lowest BCUT2D eigenvalue weighted by Crippen LogP contribution is -2.26. The quantitative estimate of drug-likeness (QED) is 0.326. The normalized spacial score (nSPS) is 15.9. The van der Waals surface area contributed by atoms with E-state index in [0.717, 1.165) is 68.2 Å². The summed E-state index contributed by atoms with van der Waals surface area (Å²) in [6.45, 7) is 6.73. The maximum atomic E-state index is 13.3. The van der Waals surface area contributed by atoms with Crippen LogP contribution in [-0.2, 0) is 14.8 Å². The average molecular weight is 503 g/mol. The molecule has 1 heterocycles. The number of carbonyl (C=O) groups is 1. The van der Waals surface area contributed by atoms with Gasteiger partial charge in [-0.05, 0) is 55.1 Å². The van der Waals surface area contributed by atoms with Crippen molar-refractivity contribution in [3.63, 3.8) is 0 Å². The van der Waals surface area contributed by atoms with Crippen LogP contribution in [0.1, 0.15) is 94.4 Å². The van der Waals surface area contributed by atoms with Crippen molar-refractivity contribution in [2.45, 2.75) is 89.5 Å². The number of anilines is 1. The standard InChI is InChI=1S/C26H36N2O4S.C2H6/c1-20-16-17-22-24(19-20)33(31,32)28(2)23-14-11-10-13-21(23)26(22)27-18-12-8-6-4-3-5-7-9-15-25(29)30;1-2/h10-11,13-14,16-17,19,26-27H,3-9,12,15,18H2,1-2H3,(H,29,30);1-2H3. The first-order chi connectivity index (χ1) is 16.8. The minimum absolute atomic E-state index is 0.175. The van der Waals surface area contributed by atoms with Crippen molar-refractivity contribution < 1.29 is 18.3 Å². The van der Waals surface area contributed by atoms with Crippen molar-refractivity contribution in [2.75, 3.05) is 17.9 Å². The summed E-state index contributed by atoms with van der Waals surface area (Å²) in [5.41, 5.74) is 3.43. The Morgan fingerprint density at radius 3 is 2.17 bits per heavy atom. The number of unbranched alkanes of at least 4 members (excludes halogenated alkanes) is 7. The number of aliphatic carboxylic acids is 1. The zero-order valence-electron chi connectivity index (χ0n) is 21.7. The summed E-state index contributed by atoms with van der Waals surface area (Å²) in [4.78, 5) is 10.9. The molecule has 0 aromatic heterocycles. The smallest absolute Gasteiger partial charge is 0.303 e. The van der Waals surface area contributed by atoms with E-state index in [4.69, 9.17) is 5.11 Å². The molecule has 1 aliphatic heterocycles. The fourth-order valence-electron chi connectivity index (χ4n) is 4.49. The Hall–Kier alpha value is -2.38. The largest absolute Gasteiger partial charge is 0.481 e. The van der Waals surface area contributed by atoms with Crippen LogP contribution < -0.4 is 9.62 Å². The Labute approximate surface area is 211 Å². The van der Waals surface area contributed by atoms with E-state index in [-0.39, 0.29) is 12.5 Å². The number of aryl methyl sites for hydroxylation is 1. The molecule has 0 amide bonds. The monoisotopic (exact) mass is 502 g/mol. The van der Waals surface area contributed by atoms with Gasteiger partial charge in [-0.15, -0.1) is 0 Å². The van der Waals surface area contributed by atoms with Gasteiger partial charge in [0, 0.05) is 13.5 Å². The van der Waals surface area contributed by atoms with E-state index in [1.54, 1.807) is 13.1 Å². The number of hydrogen-bond acceptors (Lipinski definition) is 4. The van der Waals surface area contributed by atoms with Gasteiger partial charge in [-0.2, -0.15) is 0 Å². The molecule has 2 aromatic rings. The molecule has 0 bridgehead atoms. The third-order valence-corrected chi connectivity index (χ3v) is 8.20. The van der Waals surface area contributed by atoms with Gasteiger partial charge >= 0.3 is 5.97 Å². The minimum Gasteiger partial charge on any atom is -0.481 e. The van der Waals surface area contributed by atoms with Gasteiger partial charge in [0.1, 0.15) is 0 Å². The van der Waals surface area contributed by atoms with Crippen molar-refractivity contribution in [1.82, 2.24) is 5.32 Å². The molecule has 0 radical (unpaired) electrons. The second-order valence-electron chi connectivity index (χ2n) is 8.93. The van der Waals surface area contributed by atoms with E-state index in [0.29, 0.717) is 10.6 Å². The van der Waals surface area contributed by atoms with E-state index >= 15 is 0 Å². The zero-order chi connectivity index (χ0) is 25.8. The average Bonchev–Trinajstić information content (AvgIpc) is 2.91. The highest BCUT2D eigenvalue weighted by Crippen LogP contribution is 2.40. The van der Waals surface area contributed by atoms with E-state index < -0.39 is 16.0 Å². The van der Waals surface area contributed by atoms with Crippen LogP contribution in [0.4, 0.5) is 5.69 Å². The molecule has 0 aliphatic carbocycles. The molecule has 35 heavy (non-hydrogen) atoms. The number of carboxylic acid groups (broad SMARTS) is 1. The third-order valence-electron chi connectivity index (χ3n) is 6.37. The molecule has 1 aliphatic rings. The summed E-state index contributed by atoms with van der Waals surface area (Å²) < 4.78 is 28.1. The molecule has 2 N–H and O–H groups in total. The predicted molar refractivity (Wildman–Crippen MR) is 144 cm³/mol.